The van der Waals surface area contributed by atoms with Gasteiger partial charge in [-0.05, 0) is 62.1 Å². The average Bonchev–Trinajstić information content (AvgIpc) is 3.01. The van der Waals surface area contributed by atoms with Crippen LogP contribution in [0.2, 0.25) is 0 Å². The number of hydrogen-bond donors (Lipinski definition) is 2. The summed E-state index contributed by atoms with van der Waals surface area (Å²) in [5.74, 6) is 0.585. The Hall–Kier alpha value is -1.35. The van der Waals surface area contributed by atoms with E-state index >= 15 is 0 Å². The molecule has 3 N–H and O–H groups in total. The molecule has 0 bridgehead atoms. The van der Waals surface area contributed by atoms with E-state index in [1.54, 1.807) is 0 Å². The van der Waals surface area contributed by atoms with Crippen molar-refractivity contribution in [1.29, 1.82) is 0 Å². The molecule has 1 atom stereocenters. The van der Waals surface area contributed by atoms with Crippen LogP contribution in [0.25, 0.3) is 0 Å². The van der Waals surface area contributed by atoms with Crippen LogP contribution in [-0.2, 0) is 4.79 Å². The van der Waals surface area contributed by atoms with Crippen molar-refractivity contribution < 1.29 is 4.79 Å². The molecule has 20 heavy (non-hydrogen) atoms. The Labute approximate surface area is 120 Å². The highest BCUT2D eigenvalue weighted by Gasteiger charge is 2.28. The average molecular weight is 272 g/mol. The van der Waals surface area contributed by atoms with Crippen molar-refractivity contribution in [3.8, 4) is 0 Å². The molecule has 0 aromatic heterocycles. The lowest BCUT2D eigenvalue weighted by Gasteiger charge is -2.29. The Balaban J connectivity index is 1.76. The number of amides is 1. The van der Waals surface area contributed by atoms with Crippen LogP contribution in [0.5, 0.6) is 0 Å². The molecule has 1 amide bonds. The second-order valence-electron chi connectivity index (χ2n) is 6.23. The quantitative estimate of drug-likeness (QED) is 0.889. The lowest BCUT2D eigenvalue weighted by Crippen LogP contribution is -2.27. The molecule has 0 unspecified atom stereocenters. The first-order chi connectivity index (χ1) is 9.75. The highest BCUT2D eigenvalue weighted by atomic mass is 16.1. The van der Waals surface area contributed by atoms with E-state index in [1.807, 2.05) is 0 Å². The molecule has 1 aliphatic heterocycles. The van der Waals surface area contributed by atoms with Gasteiger partial charge in [0.2, 0.25) is 5.91 Å². The monoisotopic (exact) mass is 272 g/mol. The van der Waals surface area contributed by atoms with Gasteiger partial charge in [0.25, 0.3) is 0 Å². The van der Waals surface area contributed by atoms with Gasteiger partial charge in [-0.3, -0.25) is 4.79 Å². The van der Waals surface area contributed by atoms with E-state index in [0.717, 1.165) is 32.2 Å². The number of carbonyl (C=O) groups is 1. The smallest absolute Gasteiger partial charge is 0.220 e. The van der Waals surface area contributed by atoms with Crippen LogP contribution >= 0.6 is 0 Å². The molecule has 1 saturated heterocycles. The van der Waals surface area contributed by atoms with E-state index in [2.05, 4.69) is 29.6 Å². The van der Waals surface area contributed by atoms with Crippen LogP contribution in [-0.4, -0.2) is 12.5 Å². The highest BCUT2D eigenvalue weighted by Crippen LogP contribution is 2.39. The second kappa shape index (κ2) is 5.96. The van der Waals surface area contributed by atoms with Gasteiger partial charge < -0.3 is 11.1 Å². The van der Waals surface area contributed by atoms with Gasteiger partial charge in [0, 0.05) is 12.0 Å². The van der Waals surface area contributed by atoms with Crippen molar-refractivity contribution in [2.24, 2.45) is 11.7 Å². The van der Waals surface area contributed by atoms with E-state index in [0.29, 0.717) is 12.0 Å². The van der Waals surface area contributed by atoms with Crippen LogP contribution in [0.4, 0.5) is 0 Å². The number of carbonyl (C=O) groups excluding carboxylic acids is 1. The van der Waals surface area contributed by atoms with Crippen molar-refractivity contribution in [1.82, 2.24) is 5.32 Å². The molecule has 1 aromatic carbocycles. The van der Waals surface area contributed by atoms with Gasteiger partial charge in [-0.2, -0.15) is 0 Å². The highest BCUT2D eigenvalue weighted by molar-refractivity contribution is 5.76. The van der Waals surface area contributed by atoms with Crippen LogP contribution in [0.3, 0.4) is 0 Å². The molecular formula is C17H24N2O. The number of rotatable bonds is 3. The summed E-state index contributed by atoms with van der Waals surface area (Å²) in [6.07, 6.45) is 6.61. The van der Waals surface area contributed by atoms with Crippen molar-refractivity contribution in [2.75, 3.05) is 6.54 Å². The molecule has 3 rings (SSSR count). The molecule has 2 fully saturated rings. The van der Waals surface area contributed by atoms with E-state index in [1.165, 1.54) is 24.0 Å². The summed E-state index contributed by atoms with van der Waals surface area (Å²) in [7, 11) is 0. The summed E-state index contributed by atoms with van der Waals surface area (Å²) in [4.78, 5) is 11.3. The number of benzene rings is 1. The Bertz CT molecular complexity index is 472. The summed E-state index contributed by atoms with van der Waals surface area (Å²) in [5.41, 5.74) is 8.41. The van der Waals surface area contributed by atoms with E-state index in [4.69, 9.17) is 5.73 Å². The van der Waals surface area contributed by atoms with Crippen LogP contribution in [0, 0.1) is 5.92 Å². The zero-order valence-corrected chi connectivity index (χ0v) is 12.0. The Morgan fingerprint density at radius 1 is 1.05 bits per heavy atom. The van der Waals surface area contributed by atoms with Gasteiger partial charge in [-0.15, -0.1) is 0 Å². The molecule has 108 valence electrons. The van der Waals surface area contributed by atoms with E-state index < -0.39 is 0 Å². The Morgan fingerprint density at radius 3 is 2.35 bits per heavy atom. The molecule has 1 heterocycles. The molecule has 1 saturated carbocycles. The van der Waals surface area contributed by atoms with Crippen LogP contribution in [0.1, 0.15) is 61.6 Å². The molecule has 0 radical (unpaired) electrons. The maximum absolute atomic E-state index is 11.3. The molecule has 3 heteroatoms. The zero-order chi connectivity index (χ0) is 13.9. The van der Waals surface area contributed by atoms with Crippen molar-refractivity contribution in [3.05, 3.63) is 35.4 Å². The summed E-state index contributed by atoms with van der Waals surface area (Å²) in [5, 5.41) is 3.61. The molecule has 1 aliphatic carbocycles. The third-order valence-corrected chi connectivity index (χ3v) is 5.00. The van der Waals surface area contributed by atoms with Gasteiger partial charge in [-0.1, -0.05) is 24.3 Å². The van der Waals surface area contributed by atoms with Gasteiger partial charge in [-0.25, -0.2) is 0 Å². The Kier molecular flexibility index (Phi) is 4.06. The maximum Gasteiger partial charge on any atom is 0.220 e. The summed E-state index contributed by atoms with van der Waals surface area (Å²) in [6.45, 7) is 1.13. The minimum absolute atomic E-state index is 0.100. The summed E-state index contributed by atoms with van der Waals surface area (Å²) in [6, 6.07) is 9.38. The van der Waals surface area contributed by atoms with Gasteiger partial charge in [0.15, 0.2) is 0 Å². The fraction of sp³-hybridized carbons (Fsp3) is 0.588. The lowest BCUT2D eigenvalue weighted by molar-refractivity contribution is -0.122. The largest absolute Gasteiger partial charge is 0.369 e. The van der Waals surface area contributed by atoms with Crippen LogP contribution in [0.15, 0.2) is 24.3 Å². The SMILES string of the molecule is NC(=O)C1CCC(c2ccccc2[C@H]2CCCN2)CC1. The van der Waals surface area contributed by atoms with E-state index in [-0.39, 0.29) is 11.8 Å². The fourth-order valence-electron chi connectivity index (χ4n) is 3.84. The topological polar surface area (TPSA) is 55.1 Å². The number of nitrogens with two attached hydrogens (primary N) is 1. The number of hydrogen-bond acceptors (Lipinski definition) is 2. The fourth-order valence-corrected chi connectivity index (χ4v) is 3.84. The predicted octanol–water partition coefficient (Wildman–Crippen LogP) is 2.87. The summed E-state index contributed by atoms with van der Waals surface area (Å²) < 4.78 is 0. The van der Waals surface area contributed by atoms with E-state index in [9.17, 15) is 4.79 Å². The first kappa shape index (κ1) is 13.6. The third kappa shape index (κ3) is 2.73. The molecule has 3 nitrogen and oxygen atoms in total. The minimum Gasteiger partial charge on any atom is -0.369 e. The second-order valence-corrected chi connectivity index (χ2v) is 6.23. The Morgan fingerprint density at radius 2 is 1.75 bits per heavy atom. The predicted molar refractivity (Wildman–Crippen MR) is 80.3 cm³/mol. The maximum atomic E-state index is 11.3. The third-order valence-electron chi connectivity index (χ3n) is 5.00. The normalized spacial score (nSPS) is 30.3. The minimum atomic E-state index is -0.116. The van der Waals surface area contributed by atoms with Gasteiger partial charge in [0.05, 0.1) is 0 Å². The van der Waals surface area contributed by atoms with Gasteiger partial charge >= 0.3 is 0 Å². The molecular weight excluding hydrogens is 248 g/mol. The first-order valence-corrected chi connectivity index (χ1v) is 7.87. The molecule has 2 aliphatic rings. The van der Waals surface area contributed by atoms with Crippen molar-refractivity contribution >= 4 is 5.91 Å². The van der Waals surface area contributed by atoms with Gasteiger partial charge in [0.1, 0.15) is 0 Å². The molecule has 0 spiro atoms. The standard InChI is InChI=1S/C17H24N2O/c18-17(20)13-9-7-12(8-10-13)14-4-1-2-5-15(14)16-6-3-11-19-16/h1-2,4-5,12-13,16,19H,3,6-11H2,(H2,18,20)/t12?,13?,16-/m1/s1. The van der Waals surface area contributed by atoms with Crippen LogP contribution < -0.4 is 11.1 Å². The molecule has 1 aromatic rings. The number of nitrogens with one attached hydrogen (secondary N) is 1. The zero-order valence-electron chi connectivity index (χ0n) is 12.0. The van der Waals surface area contributed by atoms with Crippen molar-refractivity contribution in [3.63, 3.8) is 0 Å². The lowest BCUT2D eigenvalue weighted by atomic mass is 9.76. The summed E-state index contributed by atoms with van der Waals surface area (Å²) >= 11 is 0. The number of primary amides is 1. The first-order valence-electron chi connectivity index (χ1n) is 7.87. The van der Waals surface area contributed by atoms with Crippen molar-refractivity contribution in [2.45, 2.75) is 50.5 Å².